The van der Waals surface area contributed by atoms with Crippen molar-refractivity contribution in [3.8, 4) is 0 Å². The van der Waals surface area contributed by atoms with Crippen LogP contribution >= 0.6 is 11.6 Å². The molecular formula is C16H18ClFN2O3. The molecule has 1 aromatic heterocycles. The summed E-state index contributed by atoms with van der Waals surface area (Å²) >= 11 is 5.59. The fraction of sp³-hybridized carbons (Fsp3) is 0.375. The molecule has 0 fully saturated rings. The minimum atomic E-state index is -1.06. The second kappa shape index (κ2) is 6.68. The molecule has 2 aromatic rings. The van der Waals surface area contributed by atoms with E-state index in [2.05, 4.69) is 10.5 Å². The first-order valence-electron chi connectivity index (χ1n) is 7.07. The van der Waals surface area contributed by atoms with E-state index >= 15 is 0 Å². The largest absolute Gasteiger partial charge is 0.387 e. The maximum Gasteiger partial charge on any atom is 0.273 e. The molecule has 1 aromatic carbocycles. The van der Waals surface area contributed by atoms with Gasteiger partial charge in [-0.25, -0.2) is 4.39 Å². The highest BCUT2D eigenvalue weighted by Crippen LogP contribution is 2.23. The van der Waals surface area contributed by atoms with E-state index in [1.807, 2.05) is 20.8 Å². The van der Waals surface area contributed by atoms with Crippen molar-refractivity contribution < 1.29 is 18.8 Å². The van der Waals surface area contributed by atoms with Gasteiger partial charge in [-0.3, -0.25) is 4.79 Å². The maximum absolute atomic E-state index is 13.4. The third-order valence-corrected chi connectivity index (χ3v) is 3.57. The lowest BCUT2D eigenvalue weighted by molar-refractivity contribution is 0.0907. The van der Waals surface area contributed by atoms with Gasteiger partial charge in [-0.15, -0.1) is 0 Å². The van der Waals surface area contributed by atoms with Gasteiger partial charge in [0.15, 0.2) is 5.69 Å². The minimum absolute atomic E-state index is 0.0257. The SMILES string of the molecule is CC(C)(C)c1cc(C(=O)NCC(O)c2ccc(Cl)c(F)c2)no1. The molecule has 0 saturated carbocycles. The Labute approximate surface area is 138 Å². The van der Waals surface area contributed by atoms with Crippen LogP contribution < -0.4 is 5.32 Å². The molecular weight excluding hydrogens is 323 g/mol. The number of hydrogen-bond donors (Lipinski definition) is 2. The second-order valence-electron chi connectivity index (χ2n) is 6.23. The summed E-state index contributed by atoms with van der Waals surface area (Å²) in [7, 11) is 0. The van der Waals surface area contributed by atoms with Crippen LogP contribution in [-0.2, 0) is 5.41 Å². The van der Waals surface area contributed by atoms with Gasteiger partial charge in [0.2, 0.25) is 0 Å². The number of nitrogens with zero attached hydrogens (tertiary/aromatic N) is 1. The van der Waals surface area contributed by atoms with E-state index in [0.29, 0.717) is 11.3 Å². The number of carbonyl (C=O) groups is 1. The van der Waals surface area contributed by atoms with Gasteiger partial charge in [-0.05, 0) is 17.7 Å². The van der Waals surface area contributed by atoms with E-state index < -0.39 is 17.8 Å². The van der Waals surface area contributed by atoms with Gasteiger partial charge in [-0.2, -0.15) is 0 Å². The van der Waals surface area contributed by atoms with Gasteiger partial charge in [0.1, 0.15) is 11.6 Å². The van der Waals surface area contributed by atoms with E-state index in [1.54, 1.807) is 6.07 Å². The molecule has 1 atom stereocenters. The third kappa shape index (κ3) is 4.30. The minimum Gasteiger partial charge on any atom is -0.387 e. The first-order chi connectivity index (χ1) is 10.7. The maximum atomic E-state index is 13.4. The van der Waals surface area contributed by atoms with E-state index in [9.17, 15) is 14.3 Å². The average molecular weight is 341 g/mol. The molecule has 1 amide bonds. The second-order valence-corrected chi connectivity index (χ2v) is 6.63. The van der Waals surface area contributed by atoms with Crippen LogP contribution in [0.4, 0.5) is 4.39 Å². The van der Waals surface area contributed by atoms with Crippen LogP contribution in [0.15, 0.2) is 28.8 Å². The summed E-state index contributed by atoms with van der Waals surface area (Å²) in [6, 6.07) is 5.54. The molecule has 2 N–H and O–H groups in total. The number of amides is 1. The van der Waals surface area contributed by atoms with E-state index in [-0.39, 0.29) is 22.7 Å². The summed E-state index contributed by atoms with van der Waals surface area (Å²) in [6.07, 6.45) is -1.06. The number of aromatic nitrogens is 1. The quantitative estimate of drug-likeness (QED) is 0.896. The number of carbonyl (C=O) groups excluding carboxylic acids is 1. The molecule has 0 aliphatic rings. The van der Waals surface area contributed by atoms with Crippen LogP contribution in [0.5, 0.6) is 0 Å². The van der Waals surface area contributed by atoms with Crippen molar-refractivity contribution in [1.29, 1.82) is 0 Å². The summed E-state index contributed by atoms with van der Waals surface area (Å²) in [5.74, 6) is -0.512. The smallest absolute Gasteiger partial charge is 0.273 e. The summed E-state index contributed by atoms with van der Waals surface area (Å²) in [6.45, 7) is 5.73. The standard InChI is InChI=1S/C16H18ClFN2O3/c1-16(2,3)14-7-12(20-23-14)15(22)19-8-13(21)9-4-5-10(17)11(18)6-9/h4-7,13,21H,8H2,1-3H3,(H,19,22). The summed E-state index contributed by atoms with van der Waals surface area (Å²) in [5, 5.41) is 16.2. The highest BCUT2D eigenvalue weighted by molar-refractivity contribution is 6.30. The normalized spacial score (nSPS) is 13.0. The first-order valence-corrected chi connectivity index (χ1v) is 7.44. The fourth-order valence-corrected chi connectivity index (χ4v) is 1.97. The highest BCUT2D eigenvalue weighted by atomic mass is 35.5. The van der Waals surface area contributed by atoms with Crippen molar-refractivity contribution in [3.63, 3.8) is 0 Å². The molecule has 1 heterocycles. The fourth-order valence-electron chi connectivity index (χ4n) is 1.85. The lowest BCUT2D eigenvalue weighted by Gasteiger charge is -2.12. The Morgan fingerprint density at radius 2 is 2.13 bits per heavy atom. The zero-order chi connectivity index (χ0) is 17.2. The summed E-state index contributed by atoms with van der Waals surface area (Å²) < 4.78 is 18.5. The predicted molar refractivity (Wildman–Crippen MR) is 83.9 cm³/mol. The monoisotopic (exact) mass is 340 g/mol. The van der Waals surface area contributed by atoms with Crippen molar-refractivity contribution in [1.82, 2.24) is 10.5 Å². The van der Waals surface area contributed by atoms with Gasteiger partial charge in [0.25, 0.3) is 5.91 Å². The number of hydrogen-bond acceptors (Lipinski definition) is 4. The van der Waals surface area contributed by atoms with Crippen molar-refractivity contribution in [3.05, 3.63) is 52.1 Å². The Morgan fingerprint density at radius 3 is 2.70 bits per heavy atom. The van der Waals surface area contributed by atoms with Crippen LogP contribution in [0.2, 0.25) is 5.02 Å². The van der Waals surface area contributed by atoms with Crippen molar-refractivity contribution >= 4 is 17.5 Å². The van der Waals surface area contributed by atoms with Crippen molar-refractivity contribution in [2.75, 3.05) is 6.54 Å². The Morgan fingerprint density at radius 1 is 1.43 bits per heavy atom. The van der Waals surface area contributed by atoms with Crippen LogP contribution in [0.1, 0.15) is 48.7 Å². The first kappa shape index (κ1) is 17.4. The van der Waals surface area contributed by atoms with Crippen molar-refractivity contribution in [2.24, 2.45) is 0 Å². The Kier molecular flexibility index (Phi) is 5.06. The van der Waals surface area contributed by atoms with Crippen LogP contribution in [0, 0.1) is 5.82 Å². The molecule has 0 aliphatic carbocycles. The number of halogens is 2. The number of rotatable bonds is 4. The van der Waals surface area contributed by atoms with Crippen LogP contribution in [0.3, 0.4) is 0 Å². The number of aliphatic hydroxyl groups excluding tert-OH is 1. The molecule has 0 aliphatic heterocycles. The lowest BCUT2D eigenvalue weighted by atomic mass is 9.93. The van der Waals surface area contributed by atoms with Gasteiger partial charge in [-0.1, -0.05) is 43.6 Å². The highest BCUT2D eigenvalue weighted by Gasteiger charge is 2.22. The van der Waals surface area contributed by atoms with Crippen LogP contribution in [0.25, 0.3) is 0 Å². The zero-order valence-electron chi connectivity index (χ0n) is 13.1. The summed E-state index contributed by atoms with van der Waals surface area (Å²) in [4.78, 5) is 12.0. The molecule has 5 nitrogen and oxygen atoms in total. The number of benzene rings is 1. The van der Waals surface area contributed by atoms with E-state index in [1.165, 1.54) is 12.1 Å². The van der Waals surface area contributed by atoms with E-state index in [4.69, 9.17) is 16.1 Å². The molecule has 23 heavy (non-hydrogen) atoms. The molecule has 1 unspecified atom stereocenters. The molecule has 7 heteroatoms. The number of aliphatic hydroxyl groups is 1. The van der Waals surface area contributed by atoms with Gasteiger partial charge in [0, 0.05) is 18.0 Å². The molecule has 2 rings (SSSR count). The van der Waals surface area contributed by atoms with Gasteiger partial charge >= 0.3 is 0 Å². The molecule has 0 spiro atoms. The zero-order valence-corrected chi connectivity index (χ0v) is 13.8. The summed E-state index contributed by atoms with van der Waals surface area (Å²) in [5.41, 5.74) is 0.193. The van der Waals surface area contributed by atoms with Gasteiger partial charge in [0.05, 0.1) is 11.1 Å². The Bertz CT molecular complexity index is 710. The van der Waals surface area contributed by atoms with Crippen molar-refractivity contribution in [2.45, 2.75) is 32.3 Å². The topological polar surface area (TPSA) is 75.4 Å². The Balaban J connectivity index is 1.98. The van der Waals surface area contributed by atoms with Crippen LogP contribution in [-0.4, -0.2) is 22.7 Å². The Hall–Kier alpha value is -1.92. The molecule has 0 saturated heterocycles. The van der Waals surface area contributed by atoms with Gasteiger partial charge < -0.3 is 14.9 Å². The predicted octanol–water partition coefficient (Wildman–Crippen LogP) is 3.23. The third-order valence-electron chi connectivity index (χ3n) is 3.27. The molecule has 0 radical (unpaired) electrons. The lowest BCUT2D eigenvalue weighted by Crippen LogP contribution is -2.28. The molecule has 0 bridgehead atoms. The van der Waals surface area contributed by atoms with E-state index in [0.717, 1.165) is 6.07 Å². The molecule has 124 valence electrons. The average Bonchev–Trinajstić information content (AvgIpc) is 2.97. The number of nitrogens with one attached hydrogen (secondary N) is 1.